The fraction of sp³-hybridized carbons (Fsp3) is 1.00. The van der Waals surface area contributed by atoms with Gasteiger partial charge in [0.15, 0.2) is 0 Å². The molecule has 2 nitrogen and oxygen atoms in total. The number of fused-ring (bicyclic) bond motifs is 1. The Morgan fingerprint density at radius 1 is 1.46 bits per heavy atom. The Morgan fingerprint density at radius 3 is 2.92 bits per heavy atom. The third-order valence-electron chi connectivity index (χ3n) is 3.71. The van der Waals surface area contributed by atoms with Crippen molar-refractivity contribution in [3.8, 4) is 0 Å². The molecule has 0 amide bonds. The van der Waals surface area contributed by atoms with Crippen molar-refractivity contribution in [3.05, 3.63) is 0 Å². The predicted octanol–water partition coefficient (Wildman–Crippen LogP) is 1.80. The van der Waals surface area contributed by atoms with Crippen molar-refractivity contribution in [2.75, 3.05) is 13.2 Å². The molecule has 0 aromatic carbocycles. The van der Waals surface area contributed by atoms with E-state index < -0.39 is 0 Å². The topological polar surface area (TPSA) is 21.3 Å². The van der Waals surface area contributed by atoms with Gasteiger partial charge in [-0.2, -0.15) is 0 Å². The van der Waals surface area contributed by atoms with Gasteiger partial charge in [0.05, 0.1) is 6.10 Å². The Kier molecular flexibility index (Phi) is 2.37. The molecule has 1 N–H and O–H groups in total. The maximum atomic E-state index is 5.74. The van der Waals surface area contributed by atoms with E-state index in [0.717, 1.165) is 19.1 Å². The Hall–Kier alpha value is -0.0800. The van der Waals surface area contributed by atoms with E-state index in [2.05, 4.69) is 26.1 Å². The SMILES string of the molecule is CCCN[C@@H]1[C@H]2CCO[C@H]2C1(C)C. The molecule has 0 unspecified atom stereocenters. The molecule has 2 aliphatic rings. The van der Waals surface area contributed by atoms with Crippen LogP contribution in [0.25, 0.3) is 0 Å². The summed E-state index contributed by atoms with van der Waals surface area (Å²) in [4.78, 5) is 0. The second-order valence-corrected chi connectivity index (χ2v) is 5.00. The molecule has 3 atom stereocenters. The lowest BCUT2D eigenvalue weighted by Crippen LogP contribution is -2.65. The Morgan fingerprint density at radius 2 is 2.23 bits per heavy atom. The zero-order valence-electron chi connectivity index (χ0n) is 8.97. The Bertz CT molecular complexity index is 191. The van der Waals surface area contributed by atoms with E-state index in [1.165, 1.54) is 12.8 Å². The molecule has 1 aliphatic heterocycles. The van der Waals surface area contributed by atoms with Gasteiger partial charge in [0.1, 0.15) is 0 Å². The van der Waals surface area contributed by atoms with E-state index in [1.54, 1.807) is 0 Å². The normalized spacial score (nSPS) is 41.3. The van der Waals surface area contributed by atoms with Crippen molar-refractivity contribution in [1.29, 1.82) is 0 Å². The molecule has 13 heavy (non-hydrogen) atoms. The third kappa shape index (κ3) is 1.31. The highest BCUT2D eigenvalue weighted by atomic mass is 16.5. The number of ether oxygens (including phenoxy) is 1. The van der Waals surface area contributed by atoms with Crippen LogP contribution in [0.2, 0.25) is 0 Å². The predicted molar refractivity (Wildman–Crippen MR) is 53.7 cm³/mol. The van der Waals surface area contributed by atoms with Crippen LogP contribution < -0.4 is 5.32 Å². The summed E-state index contributed by atoms with van der Waals surface area (Å²) in [7, 11) is 0. The van der Waals surface area contributed by atoms with Crippen molar-refractivity contribution >= 4 is 0 Å². The Labute approximate surface area is 81.0 Å². The first kappa shape index (κ1) is 9.47. The molecular formula is C11H21NO. The maximum Gasteiger partial charge on any atom is 0.0685 e. The van der Waals surface area contributed by atoms with Crippen LogP contribution in [-0.4, -0.2) is 25.3 Å². The van der Waals surface area contributed by atoms with Crippen molar-refractivity contribution in [1.82, 2.24) is 5.32 Å². The average molecular weight is 183 g/mol. The van der Waals surface area contributed by atoms with E-state index in [1.807, 2.05) is 0 Å². The fourth-order valence-electron chi connectivity index (χ4n) is 3.04. The molecule has 1 saturated heterocycles. The summed E-state index contributed by atoms with van der Waals surface area (Å²) in [6, 6.07) is 0.694. The minimum atomic E-state index is 0.357. The molecule has 1 saturated carbocycles. The maximum absolute atomic E-state index is 5.74. The van der Waals surface area contributed by atoms with Crippen molar-refractivity contribution in [3.63, 3.8) is 0 Å². The van der Waals surface area contributed by atoms with Crippen LogP contribution in [0, 0.1) is 11.3 Å². The van der Waals surface area contributed by atoms with E-state index in [9.17, 15) is 0 Å². The monoisotopic (exact) mass is 183 g/mol. The van der Waals surface area contributed by atoms with E-state index in [-0.39, 0.29) is 0 Å². The second-order valence-electron chi connectivity index (χ2n) is 5.00. The summed E-state index contributed by atoms with van der Waals surface area (Å²) in [5.74, 6) is 0.793. The summed E-state index contributed by atoms with van der Waals surface area (Å²) in [5, 5.41) is 3.65. The minimum absolute atomic E-state index is 0.357. The molecule has 1 aliphatic carbocycles. The summed E-state index contributed by atoms with van der Waals surface area (Å²) >= 11 is 0. The Balaban J connectivity index is 1.95. The number of hydrogen-bond acceptors (Lipinski definition) is 2. The molecule has 2 fully saturated rings. The number of rotatable bonds is 3. The number of hydrogen-bond donors (Lipinski definition) is 1. The van der Waals surface area contributed by atoms with Crippen LogP contribution in [0.1, 0.15) is 33.6 Å². The van der Waals surface area contributed by atoms with Gasteiger partial charge in [-0.05, 0) is 19.4 Å². The van der Waals surface area contributed by atoms with Crippen LogP contribution in [-0.2, 0) is 4.74 Å². The zero-order valence-corrected chi connectivity index (χ0v) is 8.97. The third-order valence-corrected chi connectivity index (χ3v) is 3.71. The summed E-state index contributed by atoms with van der Waals surface area (Å²) < 4.78 is 5.74. The first-order valence-electron chi connectivity index (χ1n) is 5.53. The lowest BCUT2D eigenvalue weighted by Gasteiger charge is -2.55. The number of nitrogens with one attached hydrogen (secondary N) is 1. The molecular weight excluding hydrogens is 162 g/mol. The van der Waals surface area contributed by atoms with Crippen LogP contribution in [0.15, 0.2) is 0 Å². The van der Waals surface area contributed by atoms with Gasteiger partial charge in [0, 0.05) is 24.0 Å². The molecule has 76 valence electrons. The van der Waals surface area contributed by atoms with Gasteiger partial charge in [-0.3, -0.25) is 0 Å². The lowest BCUT2D eigenvalue weighted by atomic mass is 9.57. The summed E-state index contributed by atoms with van der Waals surface area (Å²) in [5.41, 5.74) is 0.357. The molecule has 1 heterocycles. The van der Waals surface area contributed by atoms with Gasteiger partial charge < -0.3 is 10.1 Å². The second kappa shape index (κ2) is 3.25. The quantitative estimate of drug-likeness (QED) is 0.720. The van der Waals surface area contributed by atoms with Crippen LogP contribution >= 0.6 is 0 Å². The van der Waals surface area contributed by atoms with Crippen molar-refractivity contribution in [2.45, 2.75) is 45.8 Å². The van der Waals surface area contributed by atoms with Gasteiger partial charge >= 0.3 is 0 Å². The van der Waals surface area contributed by atoms with E-state index in [0.29, 0.717) is 17.6 Å². The molecule has 0 radical (unpaired) electrons. The molecule has 0 spiro atoms. The standard InChI is InChI=1S/C11H21NO/c1-4-6-12-9-8-5-7-13-10(8)11(9,2)3/h8-10,12H,4-7H2,1-3H3/t8-,9-,10-/m1/s1. The summed E-state index contributed by atoms with van der Waals surface area (Å²) in [6.07, 6.45) is 3.02. The van der Waals surface area contributed by atoms with E-state index >= 15 is 0 Å². The van der Waals surface area contributed by atoms with Gasteiger partial charge in [0.25, 0.3) is 0 Å². The van der Waals surface area contributed by atoms with Crippen LogP contribution in [0.4, 0.5) is 0 Å². The average Bonchev–Trinajstić information content (AvgIpc) is 2.51. The first-order chi connectivity index (χ1) is 6.18. The lowest BCUT2D eigenvalue weighted by molar-refractivity contribution is -0.112. The fourth-order valence-corrected chi connectivity index (χ4v) is 3.04. The molecule has 0 aromatic heterocycles. The molecule has 0 bridgehead atoms. The highest BCUT2D eigenvalue weighted by molar-refractivity contribution is 5.11. The molecule has 0 aromatic rings. The highest BCUT2D eigenvalue weighted by Crippen LogP contribution is 2.51. The van der Waals surface area contributed by atoms with Gasteiger partial charge in [-0.25, -0.2) is 0 Å². The molecule has 2 heteroatoms. The van der Waals surface area contributed by atoms with Gasteiger partial charge in [-0.1, -0.05) is 20.8 Å². The van der Waals surface area contributed by atoms with Gasteiger partial charge in [-0.15, -0.1) is 0 Å². The first-order valence-corrected chi connectivity index (χ1v) is 5.53. The smallest absolute Gasteiger partial charge is 0.0685 e. The van der Waals surface area contributed by atoms with Crippen molar-refractivity contribution in [2.24, 2.45) is 11.3 Å². The zero-order chi connectivity index (χ0) is 9.47. The summed E-state index contributed by atoms with van der Waals surface area (Å²) in [6.45, 7) is 9.00. The minimum Gasteiger partial charge on any atom is -0.377 e. The van der Waals surface area contributed by atoms with Gasteiger partial charge in [0.2, 0.25) is 0 Å². The molecule has 2 rings (SSSR count). The largest absolute Gasteiger partial charge is 0.377 e. The van der Waals surface area contributed by atoms with Crippen LogP contribution in [0.3, 0.4) is 0 Å². The van der Waals surface area contributed by atoms with E-state index in [4.69, 9.17) is 4.74 Å². The highest BCUT2D eigenvalue weighted by Gasteiger charge is 2.58. The van der Waals surface area contributed by atoms with Crippen LogP contribution in [0.5, 0.6) is 0 Å². The van der Waals surface area contributed by atoms with Crippen molar-refractivity contribution < 1.29 is 4.74 Å².